The predicted molar refractivity (Wildman–Crippen MR) is 67.5 cm³/mol. The van der Waals surface area contributed by atoms with Crippen LogP contribution < -0.4 is 5.32 Å². The Morgan fingerprint density at radius 2 is 1.95 bits per heavy atom. The van der Waals surface area contributed by atoms with Crippen LogP contribution in [-0.2, 0) is 14.3 Å². The molecule has 0 aromatic heterocycles. The third-order valence-electron chi connectivity index (χ3n) is 2.91. The Labute approximate surface area is 117 Å². The van der Waals surface area contributed by atoms with E-state index in [2.05, 4.69) is 5.32 Å². The van der Waals surface area contributed by atoms with Gasteiger partial charge in [-0.3, -0.25) is 4.79 Å². The maximum Gasteiger partial charge on any atom is 0.408 e. The lowest BCUT2D eigenvalue weighted by atomic mass is 10.0. The second-order valence-electron chi connectivity index (χ2n) is 5.78. The summed E-state index contributed by atoms with van der Waals surface area (Å²) < 4.78 is 37.3. The molecular formula is C13H21F2NO4. The molecule has 0 saturated heterocycles. The molecule has 0 heterocycles. The second-order valence-corrected chi connectivity index (χ2v) is 5.78. The van der Waals surface area contributed by atoms with Crippen LogP contribution in [-0.4, -0.2) is 36.2 Å². The summed E-state index contributed by atoms with van der Waals surface area (Å²) in [6.07, 6.45) is -1.44. The first-order valence-electron chi connectivity index (χ1n) is 6.61. The van der Waals surface area contributed by atoms with Gasteiger partial charge in [0.1, 0.15) is 11.6 Å². The molecule has 0 bridgehead atoms. The average molecular weight is 293 g/mol. The molecule has 7 heteroatoms. The van der Waals surface area contributed by atoms with Crippen molar-refractivity contribution in [1.82, 2.24) is 5.32 Å². The van der Waals surface area contributed by atoms with Gasteiger partial charge in [0.25, 0.3) is 5.92 Å². The Kier molecular flexibility index (Phi) is 4.94. The normalized spacial score (nSPS) is 25.1. The number of alkyl carbamates (subject to hydrolysis) is 1. The van der Waals surface area contributed by atoms with Gasteiger partial charge in [-0.05, 0) is 34.1 Å². The summed E-state index contributed by atoms with van der Waals surface area (Å²) in [6, 6.07) is -1.59. The number of carbonyl (C=O) groups is 2. The van der Waals surface area contributed by atoms with Crippen molar-refractivity contribution < 1.29 is 27.8 Å². The average Bonchev–Trinajstić information content (AvgIpc) is 2.52. The van der Waals surface area contributed by atoms with E-state index in [0.29, 0.717) is 0 Å². The summed E-state index contributed by atoms with van der Waals surface area (Å²) >= 11 is 0. The maximum absolute atomic E-state index is 13.8. The zero-order valence-corrected chi connectivity index (χ0v) is 12.2. The molecule has 1 amide bonds. The Morgan fingerprint density at radius 1 is 1.35 bits per heavy atom. The molecular weight excluding hydrogens is 272 g/mol. The number of carbonyl (C=O) groups excluding carboxylic acids is 2. The van der Waals surface area contributed by atoms with E-state index in [4.69, 9.17) is 9.47 Å². The minimum Gasteiger partial charge on any atom is -0.466 e. The van der Waals surface area contributed by atoms with Crippen LogP contribution in [0, 0.1) is 5.92 Å². The van der Waals surface area contributed by atoms with E-state index in [1.54, 1.807) is 27.7 Å². The summed E-state index contributed by atoms with van der Waals surface area (Å²) in [4.78, 5) is 23.3. The zero-order valence-electron chi connectivity index (χ0n) is 12.2. The van der Waals surface area contributed by atoms with Gasteiger partial charge < -0.3 is 14.8 Å². The summed E-state index contributed by atoms with van der Waals surface area (Å²) in [5.41, 5.74) is -0.794. The SMILES string of the molecule is CCOC(=O)[C@H]1CCC(F)(F)[C@@H]1NC(=O)OC(C)(C)C. The van der Waals surface area contributed by atoms with E-state index in [1.807, 2.05) is 0 Å². The number of ether oxygens (including phenoxy) is 2. The Hall–Kier alpha value is -1.40. The molecule has 1 fully saturated rings. The summed E-state index contributed by atoms with van der Waals surface area (Å²) in [6.45, 7) is 6.59. The molecule has 1 rings (SSSR count). The Bertz CT molecular complexity index is 379. The minimum atomic E-state index is -3.14. The molecule has 2 atom stereocenters. The van der Waals surface area contributed by atoms with Gasteiger partial charge in [0.05, 0.1) is 12.5 Å². The molecule has 0 spiro atoms. The van der Waals surface area contributed by atoms with Crippen molar-refractivity contribution in [1.29, 1.82) is 0 Å². The van der Waals surface area contributed by atoms with E-state index in [0.717, 1.165) is 0 Å². The highest BCUT2D eigenvalue weighted by atomic mass is 19.3. The summed E-state index contributed by atoms with van der Waals surface area (Å²) in [5, 5.41) is 2.10. The third-order valence-corrected chi connectivity index (χ3v) is 2.91. The molecule has 0 aliphatic heterocycles. The van der Waals surface area contributed by atoms with Crippen molar-refractivity contribution >= 4 is 12.1 Å². The van der Waals surface area contributed by atoms with Crippen molar-refractivity contribution in [2.45, 2.75) is 58.1 Å². The van der Waals surface area contributed by atoms with E-state index in [9.17, 15) is 18.4 Å². The first-order valence-corrected chi connectivity index (χ1v) is 6.61. The van der Waals surface area contributed by atoms with Crippen molar-refractivity contribution in [3.05, 3.63) is 0 Å². The van der Waals surface area contributed by atoms with Crippen LogP contribution in [0.3, 0.4) is 0 Å². The van der Waals surface area contributed by atoms with Crippen molar-refractivity contribution in [2.24, 2.45) is 5.92 Å². The van der Waals surface area contributed by atoms with Crippen LogP contribution in [0.2, 0.25) is 0 Å². The van der Waals surface area contributed by atoms with Gasteiger partial charge >= 0.3 is 12.1 Å². The van der Waals surface area contributed by atoms with E-state index >= 15 is 0 Å². The highest BCUT2D eigenvalue weighted by Crippen LogP contribution is 2.40. The van der Waals surface area contributed by atoms with Gasteiger partial charge in [-0.2, -0.15) is 0 Å². The van der Waals surface area contributed by atoms with Crippen LogP contribution in [0.1, 0.15) is 40.5 Å². The fourth-order valence-electron chi connectivity index (χ4n) is 2.11. The first-order chi connectivity index (χ1) is 9.07. The van der Waals surface area contributed by atoms with Gasteiger partial charge in [-0.15, -0.1) is 0 Å². The van der Waals surface area contributed by atoms with Crippen molar-refractivity contribution in [3.63, 3.8) is 0 Å². The van der Waals surface area contributed by atoms with Crippen LogP contribution in [0.15, 0.2) is 0 Å². The van der Waals surface area contributed by atoms with E-state index in [1.165, 1.54) is 0 Å². The first kappa shape index (κ1) is 16.7. The number of rotatable bonds is 3. The van der Waals surface area contributed by atoms with E-state index in [-0.39, 0.29) is 13.0 Å². The lowest BCUT2D eigenvalue weighted by molar-refractivity contribution is -0.150. The molecule has 0 aromatic rings. The fraction of sp³-hybridized carbons (Fsp3) is 0.846. The second kappa shape index (κ2) is 5.93. The van der Waals surface area contributed by atoms with Crippen LogP contribution in [0.4, 0.5) is 13.6 Å². The number of esters is 1. The monoisotopic (exact) mass is 293 g/mol. The predicted octanol–water partition coefficient (Wildman–Crippen LogP) is 2.49. The van der Waals surface area contributed by atoms with Crippen LogP contribution in [0.5, 0.6) is 0 Å². The lowest BCUT2D eigenvalue weighted by Gasteiger charge is -2.26. The fourth-order valence-corrected chi connectivity index (χ4v) is 2.11. The number of hydrogen-bond acceptors (Lipinski definition) is 4. The van der Waals surface area contributed by atoms with Gasteiger partial charge in [0, 0.05) is 6.42 Å². The standard InChI is InChI=1S/C13H21F2NO4/c1-5-19-10(17)8-6-7-13(14,15)9(8)16-11(18)20-12(2,3)4/h8-9H,5-7H2,1-4H3,(H,16,18)/t8-,9+/m0/s1. The Morgan fingerprint density at radius 3 is 2.45 bits per heavy atom. The quantitative estimate of drug-likeness (QED) is 0.812. The molecule has 20 heavy (non-hydrogen) atoms. The molecule has 0 unspecified atom stereocenters. The lowest BCUT2D eigenvalue weighted by Crippen LogP contribution is -2.50. The molecule has 5 nitrogen and oxygen atoms in total. The maximum atomic E-state index is 13.8. The molecule has 1 saturated carbocycles. The summed E-state index contributed by atoms with van der Waals surface area (Å²) in [7, 11) is 0. The van der Waals surface area contributed by atoms with Gasteiger partial charge in [-0.25, -0.2) is 13.6 Å². The Balaban J connectivity index is 2.76. The minimum absolute atomic E-state index is 0.0215. The van der Waals surface area contributed by atoms with E-state index < -0.39 is 42.0 Å². The van der Waals surface area contributed by atoms with Crippen LogP contribution >= 0.6 is 0 Å². The van der Waals surface area contributed by atoms with Gasteiger partial charge in [0.2, 0.25) is 0 Å². The number of hydrogen-bond donors (Lipinski definition) is 1. The largest absolute Gasteiger partial charge is 0.466 e. The molecule has 0 aromatic carbocycles. The number of amides is 1. The zero-order chi connectivity index (χ0) is 15.6. The van der Waals surface area contributed by atoms with Crippen molar-refractivity contribution in [3.8, 4) is 0 Å². The number of nitrogens with one attached hydrogen (secondary N) is 1. The number of alkyl halides is 2. The molecule has 1 aliphatic carbocycles. The van der Waals surface area contributed by atoms with Gasteiger partial charge in [-0.1, -0.05) is 0 Å². The molecule has 116 valence electrons. The molecule has 0 radical (unpaired) electrons. The van der Waals surface area contributed by atoms with Crippen LogP contribution in [0.25, 0.3) is 0 Å². The smallest absolute Gasteiger partial charge is 0.408 e. The highest BCUT2D eigenvalue weighted by Gasteiger charge is 2.54. The van der Waals surface area contributed by atoms with Crippen molar-refractivity contribution in [2.75, 3.05) is 6.61 Å². The third kappa shape index (κ3) is 4.31. The molecule has 1 N–H and O–H groups in total. The van der Waals surface area contributed by atoms with Gasteiger partial charge in [0.15, 0.2) is 0 Å². The topological polar surface area (TPSA) is 64.6 Å². The number of halogens is 2. The highest BCUT2D eigenvalue weighted by molar-refractivity contribution is 5.76. The molecule has 1 aliphatic rings. The summed E-state index contributed by atoms with van der Waals surface area (Å²) in [5.74, 6) is -4.91.